The second-order valence-corrected chi connectivity index (χ2v) is 14.6. The molecule has 0 N–H and O–H groups in total. The molecule has 1 aliphatic carbocycles. The topological polar surface area (TPSA) is 27.7 Å². The first-order valence-electron chi connectivity index (χ1n) is 21.6. The van der Waals surface area contributed by atoms with Gasteiger partial charge in [0.05, 0.1) is 21.3 Å². The third-order valence-electron chi connectivity index (χ3n) is 10.6. The fourth-order valence-corrected chi connectivity index (χ4v) is 7.48. The van der Waals surface area contributed by atoms with E-state index in [0.29, 0.717) is 0 Å². The Morgan fingerprint density at radius 2 is 0.820 bits per heavy atom. The Kier molecular flexibility index (Phi) is 16.9. The predicted octanol–water partition coefficient (Wildman–Crippen LogP) is 16.7. The summed E-state index contributed by atoms with van der Waals surface area (Å²) in [5, 5.41) is 7.48. The molecule has 0 heterocycles. The van der Waals surface area contributed by atoms with Gasteiger partial charge in [0.15, 0.2) is 0 Å². The summed E-state index contributed by atoms with van der Waals surface area (Å²) in [6.07, 6.45) is 6.88. The predicted molar refractivity (Wildman–Crippen MR) is 266 cm³/mol. The van der Waals surface area contributed by atoms with Crippen LogP contribution in [0.5, 0.6) is 17.2 Å². The molecule has 0 atom stereocenters. The van der Waals surface area contributed by atoms with E-state index in [1.54, 1.807) is 21.3 Å². The maximum atomic E-state index is 5.33. The van der Waals surface area contributed by atoms with Gasteiger partial charge in [-0.05, 0) is 136 Å². The molecule has 0 spiro atoms. The highest BCUT2D eigenvalue weighted by molar-refractivity contribution is 5.99. The SMILES string of the molecule is CC.CC.COc1ccc2c(-c3ccc(C)cc3)cccc2c1.COc1ccc2c(C3=CC(C)=CCC3)cccc2c1.COc1ccc2cccc(-c3ccc(C)cc3)c2c1. The first-order chi connectivity index (χ1) is 29.8. The zero-order valence-electron chi connectivity index (χ0n) is 37.8. The maximum Gasteiger partial charge on any atom is 0.119 e. The van der Waals surface area contributed by atoms with Crippen molar-refractivity contribution in [2.24, 2.45) is 0 Å². The average molecular weight is 807 g/mol. The van der Waals surface area contributed by atoms with Gasteiger partial charge in [-0.3, -0.25) is 0 Å². The third kappa shape index (κ3) is 11.6. The number of hydrogen-bond donors (Lipinski definition) is 0. The van der Waals surface area contributed by atoms with Crippen molar-refractivity contribution in [2.75, 3.05) is 21.3 Å². The van der Waals surface area contributed by atoms with Crippen LogP contribution in [-0.2, 0) is 0 Å². The lowest BCUT2D eigenvalue weighted by atomic mass is 9.91. The fourth-order valence-electron chi connectivity index (χ4n) is 7.48. The highest BCUT2D eigenvalue weighted by Crippen LogP contribution is 2.34. The van der Waals surface area contributed by atoms with E-state index in [0.717, 1.165) is 30.1 Å². The van der Waals surface area contributed by atoms with Gasteiger partial charge in [0.1, 0.15) is 17.2 Å². The summed E-state index contributed by atoms with van der Waals surface area (Å²) in [4.78, 5) is 0. The number of methoxy groups -OCH3 is 3. The van der Waals surface area contributed by atoms with Crippen LogP contribution in [0.4, 0.5) is 0 Å². The van der Waals surface area contributed by atoms with E-state index >= 15 is 0 Å². The van der Waals surface area contributed by atoms with Crippen LogP contribution < -0.4 is 14.2 Å². The van der Waals surface area contributed by atoms with Gasteiger partial charge in [-0.1, -0.05) is 178 Å². The van der Waals surface area contributed by atoms with Gasteiger partial charge in [0.25, 0.3) is 0 Å². The Morgan fingerprint density at radius 3 is 1.31 bits per heavy atom. The van der Waals surface area contributed by atoms with E-state index in [4.69, 9.17) is 14.2 Å². The molecule has 9 rings (SSSR count). The number of aryl methyl sites for hydroxylation is 2. The van der Waals surface area contributed by atoms with Crippen LogP contribution in [0.15, 0.2) is 175 Å². The van der Waals surface area contributed by atoms with Crippen molar-refractivity contribution in [1.29, 1.82) is 0 Å². The molecule has 61 heavy (non-hydrogen) atoms. The average Bonchev–Trinajstić information content (AvgIpc) is 3.32. The molecule has 0 bridgehead atoms. The van der Waals surface area contributed by atoms with Crippen molar-refractivity contribution in [3.63, 3.8) is 0 Å². The van der Waals surface area contributed by atoms with E-state index in [9.17, 15) is 0 Å². The van der Waals surface area contributed by atoms with Crippen LogP contribution in [0.1, 0.15) is 64.2 Å². The molecular weight excluding hydrogens is 745 g/mol. The zero-order valence-corrected chi connectivity index (χ0v) is 37.8. The Balaban J connectivity index is 0.000000166. The van der Waals surface area contributed by atoms with Crippen LogP contribution in [-0.4, -0.2) is 21.3 Å². The first-order valence-corrected chi connectivity index (χ1v) is 21.6. The summed E-state index contributed by atoms with van der Waals surface area (Å²) in [6.45, 7) is 14.4. The minimum absolute atomic E-state index is 0.895. The van der Waals surface area contributed by atoms with Crippen LogP contribution in [0.3, 0.4) is 0 Å². The highest BCUT2D eigenvalue weighted by Gasteiger charge is 2.10. The molecule has 0 fully saturated rings. The molecule has 1 aliphatic rings. The van der Waals surface area contributed by atoms with Crippen molar-refractivity contribution in [2.45, 2.75) is 61.3 Å². The van der Waals surface area contributed by atoms with Gasteiger partial charge in [-0.15, -0.1) is 0 Å². The lowest BCUT2D eigenvalue weighted by Gasteiger charge is -2.15. The monoisotopic (exact) mass is 806 g/mol. The molecule has 3 nitrogen and oxygen atoms in total. The number of rotatable bonds is 6. The molecule has 8 aromatic carbocycles. The van der Waals surface area contributed by atoms with Gasteiger partial charge in [0, 0.05) is 0 Å². The summed E-state index contributed by atoms with van der Waals surface area (Å²) in [6, 6.07) is 55.3. The van der Waals surface area contributed by atoms with E-state index in [2.05, 4.69) is 172 Å². The Hall–Kier alpha value is -6.58. The molecule has 0 aliphatic heterocycles. The summed E-state index contributed by atoms with van der Waals surface area (Å²) >= 11 is 0. The van der Waals surface area contributed by atoms with Gasteiger partial charge >= 0.3 is 0 Å². The fraction of sp³-hybridized carbons (Fsp3) is 0.207. The molecule has 0 amide bonds. The zero-order chi connectivity index (χ0) is 43.7. The Morgan fingerprint density at radius 1 is 0.393 bits per heavy atom. The molecule has 0 saturated carbocycles. The normalized spacial score (nSPS) is 11.5. The lowest BCUT2D eigenvalue weighted by molar-refractivity contribution is 0.415. The smallest absolute Gasteiger partial charge is 0.119 e. The van der Waals surface area contributed by atoms with Crippen molar-refractivity contribution in [3.05, 3.63) is 192 Å². The Bertz CT molecular complexity index is 2700. The lowest BCUT2D eigenvalue weighted by Crippen LogP contribution is -1.92. The Labute approximate surface area is 365 Å². The summed E-state index contributed by atoms with van der Waals surface area (Å²) in [5.74, 6) is 2.71. The molecule has 3 heteroatoms. The molecule has 0 unspecified atom stereocenters. The third-order valence-corrected chi connectivity index (χ3v) is 10.6. The standard InChI is InChI=1S/C18H18O.2C18H16O.2C2H6/c1-13-5-3-6-14(11-13)17-8-4-7-15-12-16(19-2)9-10-18(15)17;1-13-6-8-14(9-7-13)17-5-3-4-15-12-16(19-2)10-11-18(15)17;1-13-6-8-15(9-7-13)17-5-3-4-14-10-11-16(19-2)12-18(14)17;2*1-2/h4-5,7-12H,3,6H2,1-2H3;2*3-12H,1-2H3;2*1-2H3. The van der Waals surface area contributed by atoms with E-state index in [-0.39, 0.29) is 0 Å². The van der Waals surface area contributed by atoms with Crippen LogP contribution >= 0.6 is 0 Å². The number of fused-ring (bicyclic) bond motifs is 3. The van der Waals surface area contributed by atoms with E-state index in [1.165, 1.54) is 82.4 Å². The van der Waals surface area contributed by atoms with Gasteiger partial charge in [-0.2, -0.15) is 0 Å². The molecule has 312 valence electrons. The molecule has 8 aromatic rings. The summed E-state index contributed by atoms with van der Waals surface area (Å²) < 4.78 is 15.9. The highest BCUT2D eigenvalue weighted by atomic mass is 16.5. The summed E-state index contributed by atoms with van der Waals surface area (Å²) in [5.41, 5.74) is 11.7. The molecule has 0 radical (unpaired) electrons. The second-order valence-electron chi connectivity index (χ2n) is 14.6. The van der Waals surface area contributed by atoms with Crippen molar-refractivity contribution in [1.82, 2.24) is 0 Å². The van der Waals surface area contributed by atoms with Crippen molar-refractivity contribution < 1.29 is 14.2 Å². The van der Waals surface area contributed by atoms with Crippen molar-refractivity contribution >= 4 is 37.9 Å². The molecule has 0 aromatic heterocycles. The minimum atomic E-state index is 0.895. The number of ether oxygens (including phenoxy) is 3. The maximum absolute atomic E-state index is 5.33. The van der Waals surface area contributed by atoms with Crippen LogP contribution in [0.2, 0.25) is 0 Å². The molecule has 0 saturated heterocycles. The first kappa shape index (κ1) is 45.5. The van der Waals surface area contributed by atoms with Crippen molar-refractivity contribution in [3.8, 4) is 39.5 Å². The van der Waals surface area contributed by atoms with E-state index in [1.807, 2.05) is 45.9 Å². The van der Waals surface area contributed by atoms with Gasteiger partial charge in [-0.25, -0.2) is 0 Å². The van der Waals surface area contributed by atoms with Gasteiger partial charge < -0.3 is 14.2 Å². The van der Waals surface area contributed by atoms with E-state index < -0.39 is 0 Å². The second kappa shape index (κ2) is 22.7. The van der Waals surface area contributed by atoms with Crippen LogP contribution in [0, 0.1) is 13.8 Å². The number of allylic oxidation sites excluding steroid dienone is 4. The number of benzene rings is 8. The summed E-state index contributed by atoms with van der Waals surface area (Å²) in [7, 11) is 5.11. The molecular formula is C58H62O3. The largest absolute Gasteiger partial charge is 0.497 e. The number of hydrogen-bond acceptors (Lipinski definition) is 3. The van der Waals surface area contributed by atoms with Gasteiger partial charge in [0.2, 0.25) is 0 Å². The quantitative estimate of drug-likeness (QED) is 0.167. The van der Waals surface area contributed by atoms with Crippen LogP contribution in [0.25, 0.3) is 60.1 Å². The minimum Gasteiger partial charge on any atom is -0.497 e.